The third kappa shape index (κ3) is 3.50. The average molecular weight is 386 g/mol. The van der Waals surface area contributed by atoms with Crippen LogP contribution >= 0.6 is 22.6 Å². The molecule has 106 valence electrons. The zero-order chi connectivity index (χ0) is 14.7. The number of carbonyl (C=O) groups excluding carboxylic acids is 1. The summed E-state index contributed by atoms with van der Waals surface area (Å²) in [6, 6.07) is 4.67. The topological polar surface area (TPSA) is 69.6 Å². The molecule has 20 heavy (non-hydrogen) atoms. The van der Waals surface area contributed by atoms with Gasteiger partial charge in [0.05, 0.1) is 11.3 Å². The number of rotatable bonds is 2. The molecule has 2 amide bonds. The van der Waals surface area contributed by atoms with E-state index >= 15 is 0 Å². The Morgan fingerprint density at radius 3 is 2.80 bits per heavy atom. The second-order valence-electron chi connectivity index (χ2n) is 4.69. The highest BCUT2D eigenvalue weighted by Gasteiger charge is 2.19. The molecule has 0 saturated heterocycles. The summed E-state index contributed by atoms with van der Waals surface area (Å²) in [7, 11) is 0. The molecular weight excluding hydrogens is 371 g/mol. The van der Waals surface area contributed by atoms with E-state index in [-0.39, 0.29) is 11.6 Å². The predicted octanol–water partition coefficient (Wildman–Crippen LogP) is 3.17. The number of nitrogens with one attached hydrogen (secondary N) is 1. The largest absolute Gasteiger partial charge is 0.478 e. The van der Waals surface area contributed by atoms with E-state index < -0.39 is 5.97 Å². The highest BCUT2D eigenvalue weighted by molar-refractivity contribution is 14.1. The Bertz CT molecular complexity index is 584. The van der Waals surface area contributed by atoms with Crippen LogP contribution in [0.1, 0.15) is 23.7 Å². The highest BCUT2D eigenvalue weighted by atomic mass is 127. The molecule has 0 atom stereocenters. The Kier molecular flexibility index (Phi) is 4.64. The molecule has 2 N–H and O–H groups in total. The molecule has 0 fully saturated rings. The molecule has 1 heterocycles. The van der Waals surface area contributed by atoms with Crippen molar-refractivity contribution in [1.29, 1.82) is 0 Å². The minimum atomic E-state index is -1.05. The van der Waals surface area contributed by atoms with Gasteiger partial charge in [0, 0.05) is 16.7 Å². The number of amides is 2. The van der Waals surface area contributed by atoms with Crippen LogP contribution < -0.4 is 5.32 Å². The predicted molar refractivity (Wildman–Crippen MR) is 85.1 cm³/mol. The Morgan fingerprint density at radius 1 is 1.40 bits per heavy atom. The van der Waals surface area contributed by atoms with E-state index in [4.69, 9.17) is 0 Å². The van der Waals surface area contributed by atoms with E-state index in [1.807, 2.05) is 29.5 Å². The molecule has 6 heteroatoms. The second kappa shape index (κ2) is 6.25. The van der Waals surface area contributed by atoms with Gasteiger partial charge in [0.15, 0.2) is 0 Å². The summed E-state index contributed by atoms with van der Waals surface area (Å²) in [6.07, 6.45) is 2.94. The minimum absolute atomic E-state index is 0.106. The lowest BCUT2D eigenvalue weighted by Crippen LogP contribution is -2.38. The SMILES string of the molecule is CC1=CCCN(C(=O)Nc2ccc(I)cc2C(=O)O)C1. The molecule has 2 rings (SSSR count). The number of benzene rings is 1. The number of hydrogen-bond donors (Lipinski definition) is 2. The van der Waals surface area contributed by atoms with Crippen LogP contribution in [0.4, 0.5) is 10.5 Å². The van der Waals surface area contributed by atoms with Gasteiger partial charge < -0.3 is 15.3 Å². The number of carbonyl (C=O) groups is 2. The van der Waals surface area contributed by atoms with Gasteiger partial charge in [0.1, 0.15) is 0 Å². The lowest BCUT2D eigenvalue weighted by molar-refractivity contribution is 0.0698. The average Bonchev–Trinajstić information content (AvgIpc) is 2.40. The van der Waals surface area contributed by atoms with E-state index in [1.54, 1.807) is 23.1 Å². The molecule has 0 aromatic heterocycles. The van der Waals surface area contributed by atoms with Crippen molar-refractivity contribution in [3.8, 4) is 0 Å². The highest BCUT2D eigenvalue weighted by Crippen LogP contribution is 2.20. The third-order valence-corrected chi connectivity index (χ3v) is 3.74. The maximum atomic E-state index is 12.2. The number of urea groups is 1. The van der Waals surface area contributed by atoms with Crippen LogP contribution in [0, 0.1) is 3.57 Å². The molecule has 5 nitrogen and oxygen atoms in total. The molecule has 1 aliphatic rings. The Labute approximate surface area is 130 Å². The first-order valence-electron chi connectivity index (χ1n) is 6.22. The number of nitrogens with zero attached hydrogens (tertiary/aromatic N) is 1. The second-order valence-corrected chi connectivity index (χ2v) is 5.93. The Hall–Kier alpha value is -1.57. The normalized spacial score (nSPS) is 14.7. The van der Waals surface area contributed by atoms with E-state index in [1.165, 1.54) is 0 Å². The van der Waals surface area contributed by atoms with Crippen LogP contribution in [-0.2, 0) is 0 Å². The molecule has 0 bridgehead atoms. The molecular formula is C14H15IN2O3. The standard InChI is InChI=1S/C14H15IN2O3/c1-9-3-2-6-17(8-9)14(20)16-12-5-4-10(15)7-11(12)13(18)19/h3-5,7H,2,6,8H2,1H3,(H,16,20)(H,18,19). The molecule has 0 radical (unpaired) electrons. The monoisotopic (exact) mass is 386 g/mol. The van der Waals surface area contributed by atoms with Gasteiger partial charge in [-0.3, -0.25) is 0 Å². The van der Waals surface area contributed by atoms with Gasteiger partial charge in [-0.1, -0.05) is 11.6 Å². The summed E-state index contributed by atoms with van der Waals surface area (Å²) in [5, 5.41) is 11.9. The molecule has 0 saturated carbocycles. The van der Waals surface area contributed by atoms with E-state index in [0.29, 0.717) is 18.8 Å². The summed E-state index contributed by atoms with van der Waals surface area (Å²) < 4.78 is 0.815. The molecule has 0 spiro atoms. The maximum Gasteiger partial charge on any atom is 0.337 e. The number of hydrogen-bond acceptors (Lipinski definition) is 2. The maximum absolute atomic E-state index is 12.2. The summed E-state index contributed by atoms with van der Waals surface area (Å²) in [6.45, 7) is 3.21. The zero-order valence-electron chi connectivity index (χ0n) is 11.0. The number of carboxylic acids is 1. The summed E-state index contributed by atoms with van der Waals surface area (Å²) in [5.41, 5.74) is 1.58. The van der Waals surface area contributed by atoms with Crippen molar-refractivity contribution >= 4 is 40.3 Å². The summed E-state index contributed by atoms with van der Waals surface area (Å²) >= 11 is 2.04. The van der Waals surface area contributed by atoms with E-state index in [9.17, 15) is 14.7 Å². The van der Waals surface area contributed by atoms with Crippen molar-refractivity contribution in [2.75, 3.05) is 18.4 Å². The quantitative estimate of drug-likeness (QED) is 0.606. The number of halogens is 1. The smallest absolute Gasteiger partial charge is 0.337 e. The van der Waals surface area contributed by atoms with Gasteiger partial charge in [-0.15, -0.1) is 0 Å². The van der Waals surface area contributed by atoms with Gasteiger partial charge in [-0.25, -0.2) is 9.59 Å². The van der Waals surface area contributed by atoms with Crippen molar-refractivity contribution in [3.05, 3.63) is 39.0 Å². The summed E-state index contributed by atoms with van der Waals surface area (Å²) in [5.74, 6) is -1.05. The molecule has 1 aliphatic heterocycles. The van der Waals surface area contributed by atoms with Crippen LogP contribution in [0.2, 0.25) is 0 Å². The van der Waals surface area contributed by atoms with Crippen LogP contribution in [0.5, 0.6) is 0 Å². The number of aromatic carboxylic acids is 1. The Balaban J connectivity index is 2.16. The number of anilines is 1. The van der Waals surface area contributed by atoms with Crippen molar-refractivity contribution < 1.29 is 14.7 Å². The lowest BCUT2D eigenvalue weighted by atomic mass is 10.1. The molecule has 1 aromatic carbocycles. The molecule has 0 unspecified atom stereocenters. The van der Waals surface area contributed by atoms with Gasteiger partial charge in [0.25, 0.3) is 0 Å². The van der Waals surface area contributed by atoms with Crippen molar-refractivity contribution in [2.24, 2.45) is 0 Å². The van der Waals surface area contributed by atoms with Crippen LogP contribution in [-0.4, -0.2) is 35.1 Å². The number of carboxylic acid groups (broad SMARTS) is 1. The van der Waals surface area contributed by atoms with Crippen LogP contribution in [0.25, 0.3) is 0 Å². The lowest BCUT2D eigenvalue weighted by Gasteiger charge is -2.26. The molecule has 1 aromatic rings. The van der Waals surface area contributed by atoms with Crippen LogP contribution in [0.3, 0.4) is 0 Å². The first kappa shape index (κ1) is 14.8. The first-order chi connectivity index (χ1) is 9.47. The minimum Gasteiger partial charge on any atom is -0.478 e. The molecule has 0 aliphatic carbocycles. The fourth-order valence-electron chi connectivity index (χ4n) is 2.08. The van der Waals surface area contributed by atoms with Crippen LogP contribution in [0.15, 0.2) is 29.8 Å². The third-order valence-electron chi connectivity index (χ3n) is 3.07. The van der Waals surface area contributed by atoms with Gasteiger partial charge in [-0.05, 0) is 54.1 Å². The van der Waals surface area contributed by atoms with Crippen molar-refractivity contribution in [1.82, 2.24) is 4.90 Å². The van der Waals surface area contributed by atoms with Gasteiger partial charge in [-0.2, -0.15) is 0 Å². The van der Waals surface area contributed by atoms with Gasteiger partial charge >= 0.3 is 12.0 Å². The first-order valence-corrected chi connectivity index (χ1v) is 7.29. The van der Waals surface area contributed by atoms with Crippen molar-refractivity contribution in [2.45, 2.75) is 13.3 Å². The fraction of sp³-hybridized carbons (Fsp3) is 0.286. The zero-order valence-corrected chi connectivity index (χ0v) is 13.2. The van der Waals surface area contributed by atoms with Gasteiger partial charge in [0.2, 0.25) is 0 Å². The van der Waals surface area contributed by atoms with Crippen molar-refractivity contribution in [3.63, 3.8) is 0 Å². The fourth-order valence-corrected chi connectivity index (χ4v) is 2.57. The van der Waals surface area contributed by atoms with E-state index in [2.05, 4.69) is 11.4 Å². The van der Waals surface area contributed by atoms with E-state index in [0.717, 1.165) is 15.6 Å². The Morgan fingerprint density at radius 2 is 2.15 bits per heavy atom. The summed E-state index contributed by atoms with van der Waals surface area (Å²) in [4.78, 5) is 25.1.